The first kappa shape index (κ1) is 15.5. The highest BCUT2D eigenvalue weighted by Gasteiger charge is 2.22. The van der Waals surface area contributed by atoms with Crippen molar-refractivity contribution < 1.29 is 9.53 Å². The van der Waals surface area contributed by atoms with Crippen LogP contribution in [-0.4, -0.2) is 27.6 Å². The van der Waals surface area contributed by atoms with Crippen molar-refractivity contribution in [3.8, 4) is 0 Å². The molecule has 1 aromatic heterocycles. The Bertz CT molecular complexity index is 638. The number of benzene rings is 1. The molecule has 0 N–H and O–H groups in total. The zero-order valence-electron chi connectivity index (χ0n) is 12.3. The van der Waals surface area contributed by atoms with E-state index in [-0.39, 0.29) is 11.7 Å². The summed E-state index contributed by atoms with van der Waals surface area (Å²) in [5.74, 6) is -0.452. The van der Waals surface area contributed by atoms with Gasteiger partial charge in [-0.15, -0.1) is 5.10 Å². The van der Waals surface area contributed by atoms with Crippen LogP contribution >= 0.6 is 11.6 Å². The summed E-state index contributed by atoms with van der Waals surface area (Å²) in [6, 6.07) is 7.63. The van der Waals surface area contributed by atoms with Gasteiger partial charge in [-0.25, -0.2) is 9.48 Å². The number of esters is 1. The summed E-state index contributed by atoms with van der Waals surface area (Å²) < 4.78 is 6.77. The molecule has 2 aromatic rings. The second-order valence-corrected chi connectivity index (χ2v) is 5.32. The Morgan fingerprint density at radius 3 is 2.71 bits per heavy atom. The lowest BCUT2D eigenvalue weighted by atomic mass is 10.1. The molecular weight excluding hydrogens is 290 g/mol. The van der Waals surface area contributed by atoms with Crippen LogP contribution in [0.5, 0.6) is 0 Å². The summed E-state index contributed by atoms with van der Waals surface area (Å²) in [6.45, 7) is 6.04. The number of carbonyl (C=O) groups excluding carboxylic acids is 1. The van der Waals surface area contributed by atoms with E-state index in [9.17, 15) is 4.79 Å². The van der Waals surface area contributed by atoms with Gasteiger partial charge in [-0.1, -0.05) is 35.0 Å². The van der Waals surface area contributed by atoms with Gasteiger partial charge in [-0.3, -0.25) is 0 Å². The first-order valence-corrected chi connectivity index (χ1v) is 7.27. The van der Waals surface area contributed by atoms with Crippen LogP contribution in [0.4, 0.5) is 0 Å². The molecule has 0 aliphatic heterocycles. The molecule has 0 amide bonds. The van der Waals surface area contributed by atoms with Crippen molar-refractivity contribution in [2.45, 2.75) is 33.2 Å². The Morgan fingerprint density at radius 1 is 1.38 bits per heavy atom. The number of carbonyl (C=O) groups is 1. The minimum absolute atomic E-state index is 0.0955. The van der Waals surface area contributed by atoms with Crippen LogP contribution in [0.15, 0.2) is 24.3 Å². The highest BCUT2D eigenvalue weighted by molar-refractivity contribution is 6.31. The van der Waals surface area contributed by atoms with Gasteiger partial charge in [0.1, 0.15) is 0 Å². The van der Waals surface area contributed by atoms with Gasteiger partial charge >= 0.3 is 5.97 Å². The largest absolute Gasteiger partial charge is 0.461 e. The van der Waals surface area contributed by atoms with Crippen molar-refractivity contribution in [3.63, 3.8) is 0 Å². The van der Waals surface area contributed by atoms with Crippen molar-refractivity contribution >= 4 is 17.6 Å². The molecule has 21 heavy (non-hydrogen) atoms. The number of hydrogen-bond donors (Lipinski definition) is 0. The van der Waals surface area contributed by atoms with Crippen LogP contribution in [0.2, 0.25) is 5.02 Å². The second-order valence-electron chi connectivity index (χ2n) is 4.91. The first-order valence-electron chi connectivity index (χ1n) is 6.89. The third-order valence-corrected chi connectivity index (χ3v) is 3.43. The SMILES string of the molecule is CCOC(=O)c1nnn(C(C)C)c1Cc1ccccc1Cl. The summed E-state index contributed by atoms with van der Waals surface area (Å²) in [5, 5.41) is 8.70. The highest BCUT2D eigenvalue weighted by atomic mass is 35.5. The zero-order chi connectivity index (χ0) is 15.4. The van der Waals surface area contributed by atoms with Crippen molar-refractivity contribution in [2.75, 3.05) is 6.61 Å². The van der Waals surface area contributed by atoms with E-state index >= 15 is 0 Å². The molecule has 6 heteroatoms. The molecule has 0 spiro atoms. The molecule has 0 saturated carbocycles. The standard InChI is InChI=1S/C15H18ClN3O2/c1-4-21-15(20)14-13(19(10(2)3)18-17-14)9-11-7-5-6-8-12(11)16/h5-8,10H,4,9H2,1-3H3. The van der Waals surface area contributed by atoms with Crippen molar-refractivity contribution in [2.24, 2.45) is 0 Å². The molecule has 1 aromatic carbocycles. The molecule has 0 bridgehead atoms. The molecule has 0 radical (unpaired) electrons. The van der Waals surface area contributed by atoms with Crippen molar-refractivity contribution in [3.05, 3.63) is 46.2 Å². The van der Waals surface area contributed by atoms with Crippen molar-refractivity contribution in [1.29, 1.82) is 0 Å². The average Bonchev–Trinajstić information content (AvgIpc) is 2.85. The normalized spacial score (nSPS) is 10.9. The van der Waals surface area contributed by atoms with E-state index in [0.717, 1.165) is 11.3 Å². The van der Waals surface area contributed by atoms with Crippen LogP contribution < -0.4 is 0 Å². The van der Waals surface area contributed by atoms with E-state index < -0.39 is 5.97 Å². The fourth-order valence-corrected chi connectivity index (χ4v) is 2.28. The third-order valence-electron chi connectivity index (χ3n) is 3.06. The molecule has 0 aliphatic carbocycles. The molecule has 1 heterocycles. The van der Waals surface area contributed by atoms with E-state index in [4.69, 9.17) is 16.3 Å². The fourth-order valence-electron chi connectivity index (χ4n) is 2.07. The number of ether oxygens (including phenoxy) is 1. The molecule has 112 valence electrons. The van der Waals surface area contributed by atoms with Crippen molar-refractivity contribution in [1.82, 2.24) is 15.0 Å². The van der Waals surface area contributed by atoms with Crippen LogP contribution in [0.3, 0.4) is 0 Å². The first-order chi connectivity index (χ1) is 10.0. The van der Waals surface area contributed by atoms with E-state index in [2.05, 4.69) is 10.3 Å². The molecule has 0 aliphatic rings. The minimum atomic E-state index is -0.452. The van der Waals surface area contributed by atoms with E-state index in [1.165, 1.54) is 0 Å². The second kappa shape index (κ2) is 6.72. The summed E-state index contributed by atoms with van der Waals surface area (Å²) in [5.41, 5.74) is 1.90. The monoisotopic (exact) mass is 307 g/mol. The van der Waals surface area contributed by atoms with E-state index in [1.807, 2.05) is 38.1 Å². The smallest absolute Gasteiger partial charge is 0.360 e. The molecule has 0 atom stereocenters. The Kier molecular flexibility index (Phi) is 4.96. The van der Waals surface area contributed by atoms with Crippen LogP contribution in [0, 0.1) is 0 Å². The number of halogens is 1. The lowest BCUT2D eigenvalue weighted by Gasteiger charge is -2.11. The lowest BCUT2D eigenvalue weighted by Crippen LogP contribution is -2.13. The number of nitrogens with zero attached hydrogens (tertiary/aromatic N) is 3. The van der Waals surface area contributed by atoms with Crippen LogP contribution in [-0.2, 0) is 11.2 Å². The van der Waals surface area contributed by atoms with E-state index in [1.54, 1.807) is 11.6 Å². The van der Waals surface area contributed by atoms with Gasteiger partial charge < -0.3 is 4.74 Å². The highest BCUT2D eigenvalue weighted by Crippen LogP contribution is 2.22. The molecular formula is C15H18ClN3O2. The van der Waals surface area contributed by atoms with E-state index in [0.29, 0.717) is 18.1 Å². The third kappa shape index (κ3) is 3.42. The van der Waals surface area contributed by atoms with Gasteiger partial charge in [-0.2, -0.15) is 0 Å². The van der Waals surface area contributed by atoms with Crippen LogP contribution in [0.25, 0.3) is 0 Å². The maximum atomic E-state index is 12.0. The Morgan fingerprint density at radius 2 is 2.10 bits per heavy atom. The summed E-state index contributed by atoms with van der Waals surface area (Å²) >= 11 is 6.20. The fraction of sp³-hybridized carbons (Fsp3) is 0.400. The summed E-state index contributed by atoms with van der Waals surface area (Å²) in [6.07, 6.45) is 0.485. The van der Waals surface area contributed by atoms with Gasteiger partial charge in [0.25, 0.3) is 0 Å². The molecule has 0 unspecified atom stereocenters. The molecule has 5 nitrogen and oxygen atoms in total. The topological polar surface area (TPSA) is 57.0 Å². The van der Waals surface area contributed by atoms with Gasteiger partial charge in [0.05, 0.1) is 12.3 Å². The maximum Gasteiger partial charge on any atom is 0.360 e. The number of aromatic nitrogens is 3. The lowest BCUT2D eigenvalue weighted by molar-refractivity contribution is 0.0518. The molecule has 0 saturated heterocycles. The summed E-state index contributed by atoms with van der Waals surface area (Å²) in [7, 11) is 0. The predicted octanol–water partition coefficient (Wildman–Crippen LogP) is 3.28. The Hall–Kier alpha value is -1.88. The molecule has 0 fully saturated rings. The van der Waals surface area contributed by atoms with Crippen LogP contribution in [0.1, 0.15) is 48.6 Å². The Labute approximate surface area is 128 Å². The maximum absolute atomic E-state index is 12.0. The van der Waals surface area contributed by atoms with Gasteiger partial charge in [-0.05, 0) is 32.4 Å². The quantitative estimate of drug-likeness (QED) is 0.795. The minimum Gasteiger partial charge on any atom is -0.461 e. The number of hydrogen-bond acceptors (Lipinski definition) is 4. The van der Waals surface area contributed by atoms with Gasteiger partial charge in [0, 0.05) is 17.5 Å². The Balaban J connectivity index is 2.42. The average molecular weight is 308 g/mol. The predicted molar refractivity (Wildman–Crippen MR) is 80.6 cm³/mol. The van der Waals surface area contributed by atoms with Gasteiger partial charge in [0.2, 0.25) is 0 Å². The zero-order valence-corrected chi connectivity index (χ0v) is 13.1. The van der Waals surface area contributed by atoms with Gasteiger partial charge in [0.15, 0.2) is 5.69 Å². The molecule has 2 rings (SSSR count). The summed E-state index contributed by atoms with van der Waals surface area (Å²) in [4.78, 5) is 12.0. The number of rotatable bonds is 5.